The molecule has 0 saturated carbocycles. The van der Waals surface area contributed by atoms with E-state index in [-0.39, 0.29) is 5.92 Å². The van der Waals surface area contributed by atoms with E-state index in [1.807, 2.05) is 19.1 Å². The van der Waals surface area contributed by atoms with Crippen LogP contribution in [0.3, 0.4) is 0 Å². The molecule has 0 aliphatic rings. The summed E-state index contributed by atoms with van der Waals surface area (Å²) in [5.41, 5.74) is 2.56. The Morgan fingerprint density at radius 3 is 1.71 bits per heavy atom. The van der Waals surface area contributed by atoms with Gasteiger partial charge in [0.15, 0.2) is 0 Å². The summed E-state index contributed by atoms with van der Waals surface area (Å²) in [5, 5.41) is 0. The Hall–Kier alpha value is -1.42. The molecule has 0 atom stereocenters. The first-order chi connectivity index (χ1) is 10.1. The number of hydrogen-bond donors (Lipinski definition) is 0. The second-order valence-electron chi connectivity index (χ2n) is 5.52. The van der Waals surface area contributed by atoms with Gasteiger partial charge in [0.05, 0.1) is 0 Å². The fourth-order valence-corrected chi connectivity index (χ4v) is 3.78. The van der Waals surface area contributed by atoms with Crippen molar-refractivity contribution in [1.82, 2.24) is 0 Å². The summed E-state index contributed by atoms with van der Waals surface area (Å²) in [6.45, 7) is 7.59. The molecule has 2 rings (SSSR count). The van der Waals surface area contributed by atoms with Gasteiger partial charge in [0.25, 0.3) is 0 Å². The summed E-state index contributed by atoms with van der Waals surface area (Å²) in [4.78, 5) is 0. The fraction of sp³-hybridized carbons (Fsp3) is 0.333. The maximum absolute atomic E-state index is 6.16. The van der Waals surface area contributed by atoms with Crippen LogP contribution in [0.4, 0.5) is 0 Å². The lowest BCUT2D eigenvalue weighted by Gasteiger charge is -2.26. The standard InChI is InChI=1S/C18H24O2Si/c1-4-19-21(2,3)20-15-18(16-11-7-5-8-12-16)17-13-9-6-10-14-17/h5-14,18H,4,15H2,1-3H3. The number of hydrogen-bond acceptors (Lipinski definition) is 2. The van der Waals surface area contributed by atoms with Crippen LogP contribution in [-0.4, -0.2) is 21.8 Å². The van der Waals surface area contributed by atoms with Crippen molar-refractivity contribution in [3.63, 3.8) is 0 Å². The minimum absolute atomic E-state index is 0.250. The van der Waals surface area contributed by atoms with Crippen LogP contribution in [0, 0.1) is 0 Å². The molecule has 2 nitrogen and oxygen atoms in total. The van der Waals surface area contributed by atoms with Gasteiger partial charge < -0.3 is 8.85 Å². The summed E-state index contributed by atoms with van der Waals surface area (Å²) in [6.07, 6.45) is 0. The lowest BCUT2D eigenvalue weighted by atomic mass is 9.92. The third-order valence-corrected chi connectivity index (χ3v) is 5.34. The summed E-state index contributed by atoms with van der Waals surface area (Å²) >= 11 is 0. The average molecular weight is 300 g/mol. The SMILES string of the molecule is CCO[Si](C)(C)OCC(c1ccccc1)c1ccccc1. The first kappa shape index (κ1) is 16.0. The highest BCUT2D eigenvalue weighted by Crippen LogP contribution is 2.26. The van der Waals surface area contributed by atoms with Crippen LogP contribution in [0.1, 0.15) is 24.0 Å². The van der Waals surface area contributed by atoms with Crippen molar-refractivity contribution in [3.05, 3.63) is 71.8 Å². The molecule has 0 unspecified atom stereocenters. The third-order valence-electron chi connectivity index (χ3n) is 3.49. The van der Waals surface area contributed by atoms with Gasteiger partial charge in [-0.1, -0.05) is 60.7 Å². The highest BCUT2D eigenvalue weighted by Gasteiger charge is 2.26. The molecule has 112 valence electrons. The molecule has 2 aromatic carbocycles. The first-order valence-electron chi connectivity index (χ1n) is 7.50. The van der Waals surface area contributed by atoms with E-state index in [2.05, 4.69) is 61.6 Å². The molecule has 0 saturated heterocycles. The van der Waals surface area contributed by atoms with E-state index in [1.54, 1.807) is 0 Å². The Morgan fingerprint density at radius 2 is 1.29 bits per heavy atom. The van der Waals surface area contributed by atoms with Crippen molar-refractivity contribution in [2.45, 2.75) is 25.9 Å². The van der Waals surface area contributed by atoms with Crippen molar-refractivity contribution >= 4 is 8.56 Å². The molecule has 0 spiro atoms. The molecule has 0 aliphatic heterocycles. The molecular formula is C18H24O2Si. The summed E-state index contributed by atoms with van der Waals surface area (Å²) in [6, 6.07) is 21.1. The molecule has 21 heavy (non-hydrogen) atoms. The fourth-order valence-electron chi connectivity index (χ4n) is 2.43. The molecule has 0 aromatic heterocycles. The van der Waals surface area contributed by atoms with Crippen LogP contribution < -0.4 is 0 Å². The van der Waals surface area contributed by atoms with Crippen molar-refractivity contribution in [2.75, 3.05) is 13.2 Å². The lowest BCUT2D eigenvalue weighted by Crippen LogP contribution is -2.36. The maximum atomic E-state index is 6.16. The number of rotatable bonds is 7. The largest absolute Gasteiger partial charge is 0.395 e. The Bertz CT molecular complexity index is 486. The zero-order valence-electron chi connectivity index (χ0n) is 13.1. The van der Waals surface area contributed by atoms with Crippen molar-refractivity contribution in [2.24, 2.45) is 0 Å². The van der Waals surface area contributed by atoms with E-state index in [4.69, 9.17) is 8.85 Å². The van der Waals surface area contributed by atoms with Gasteiger partial charge in [-0.3, -0.25) is 0 Å². The zero-order valence-corrected chi connectivity index (χ0v) is 14.1. The molecule has 3 heteroatoms. The lowest BCUT2D eigenvalue weighted by molar-refractivity contribution is 0.182. The highest BCUT2D eigenvalue weighted by atomic mass is 28.4. The van der Waals surface area contributed by atoms with Crippen molar-refractivity contribution in [3.8, 4) is 0 Å². The topological polar surface area (TPSA) is 18.5 Å². The third kappa shape index (κ3) is 4.81. The van der Waals surface area contributed by atoms with Gasteiger partial charge in [-0.05, 0) is 31.1 Å². The Labute approximate surface area is 129 Å². The van der Waals surface area contributed by atoms with E-state index in [1.165, 1.54) is 11.1 Å². The van der Waals surface area contributed by atoms with Crippen LogP contribution in [0.5, 0.6) is 0 Å². The predicted octanol–water partition coefficient (Wildman–Crippen LogP) is 4.57. The minimum Gasteiger partial charge on any atom is -0.395 e. The van der Waals surface area contributed by atoms with Gasteiger partial charge in [0, 0.05) is 19.1 Å². The Morgan fingerprint density at radius 1 is 0.810 bits per heavy atom. The highest BCUT2D eigenvalue weighted by molar-refractivity contribution is 6.64. The Balaban J connectivity index is 2.18. The van der Waals surface area contributed by atoms with Crippen LogP contribution in [0.15, 0.2) is 60.7 Å². The zero-order chi connectivity index (χ0) is 15.1. The minimum atomic E-state index is -2.03. The van der Waals surface area contributed by atoms with Gasteiger partial charge in [0.2, 0.25) is 0 Å². The molecule has 0 bridgehead atoms. The smallest absolute Gasteiger partial charge is 0.331 e. The predicted molar refractivity (Wildman–Crippen MR) is 89.8 cm³/mol. The van der Waals surface area contributed by atoms with Crippen molar-refractivity contribution < 1.29 is 8.85 Å². The van der Waals surface area contributed by atoms with E-state index in [9.17, 15) is 0 Å². The van der Waals surface area contributed by atoms with Crippen molar-refractivity contribution in [1.29, 1.82) is 0 Å². The van der Waals surface area contributed by atoms with E-state index < -0.39 is 8.56 Å². The average Bonchev–Trinajstić information content (AvgIpc) is 2.49. The Kier molecular flexibility index (Phi) is 5.73. The van der Waals surface area contributed by atoms with Gasteiger partial charge in [-0.25, -0.2) is 0 Å². The molecule has 0 aliphatic carbocycles. The molecule has 0 N–H and O–H groups in total. The molecule has 0 radical (unpaired) electrons. The molecular weight excluding hydrogens is 276 g/mol. The molecule has 2 aromatic rings. The monoisotopic (exact) mass is 300 g/mol. The van der Waals surface area contributed by atoms with Crippen LogP contribution >= 0.6 is 0 Å². The second-order valence-corrected chi connectivity index (χ2v) is 8.89. The maximum Gasteiger partial charge on any atom is 0.331 e. The van der Waals surface area contributed by atoms with Gasteiger partial charge in [0.1, 0.15) is 0 Å². The van der Waals surface area contributed by atoms with Gasteiger partial charge in [-0.2, -0.15) is 0 Å². The summed E-state index contributed by atoms with van der Waals surface area (Å²) in [7, 11) is -2.03. The van der Waals surface area contributed by atoms with Crippen LogP contribution in [-0.2, 0) is 8.85 Å². The molecule has 0 amide bonds. The van der Waals surface area contributed by atoms with Gasteiger partial charge in [-0.15, -0.1) is 0 Å². The van der Waals surface area contributed by atoms with Crippen LogP contribution in [0.25, 0.3) is 0 Å². The first-order valence-corrected chi connectivity index (χ1v) is 10.3. The second kappa shape index (κ2) is 7.55. The summed E-state index contributed by atoms with van der Waals surface area (Å²) in [5.74, 6) is 0.250. The van der Waals surface area contributed by atoms with Crippen LogP contribution in [0.2, 0.25) is 13.1 Å². The normalized spacial score (nSPS) is 11.8. The van der Waals surface area contributed by atoms with E-state index in [0.717, 1.165) is 0 Å². The van der Waals surface area contributed by atoms with Gasteiger partial charge >= 0.3 is 8.56 Å². The van der Waals surface area contributed by atoms with E-state index >= 15 is 0 Å². The molecule has 0 heterocycles. The quantitative estimate of drug-likeness (QED) is 0.697. The van der Waals surface area contributed by atoms with E-state index in [0.29, 0.717) is 13.2 Å². The summed E-state index contributed by atoms with van der Waals surface area (Å²) < 4.78 is 11.9. The molecule has 0 fully saturated rings. The number of benzene rings is 2.